The predicted molar refractivity (Wildman–Crippen MR) is 101 cm³/mol. The van der Waals surface area contributed by atoms with E-state index in [4.69, 9.17) is 0 Å². The van der Waals surface area contributed by atoms with E-state index < -0.39 is 0 Å². The molecule has 0 amide bonds. The average molecular weight is 365 g/mol. The summed E-state index contributed by atoms with van der Waals surface area (Å²) in [5.74, 6) is 0.513. The molecule has 3 aromatic heterocycles. The van der Waals surface area contributed by atoms with Crippen molar-refractivity contribution in [2.45, 2.75) is 25.9 Å². The summed E-state index contributed by atoms with van der Waals surface area (Å²) < 4.78 is 3.60. The Morgan fingerprint density at radius 1 is 1.04 bits per heavy atom. The van der Waals surface area contributed by atoms with Crippen LogP contribution in [0.15, 0.2) is 54.4 Å². The van der Waals surface area contributed by atoms with Crippen LogP contribution in [0.4, 0.5) is 0 Å². The van der Waals surface area contributed by atoms with Gasteiger partial charge in [0, 0.05) is 37.1 Å². The lowest BCUT2D eigenvalue weighted by molar-refractivity contribution is 0.166. The zero-order valence-electron chi connectivity index (χ0n) is 15.2. The third-order valence-corrected chi connectivity index (χ3v) is 5.13. The number of likely N-dealkylation sites (tertiary alicyclic amines) is 1. The lowest BCUT2D eigenvalue weighted by Gasteiger charge is -2.32. The molecule has 4 rings (SSSR count). The van der Waals surface area contributed by atoms with Crippen LogP contribution < -0.4 is 5.56 Å². The topological polar surface area (TPSA) is 81.7 Å². The van der Waals surface area contributed by atoms with Gasteiger partial charge >= 0.3 is 0 Å². The number of hydrogen-bond donors (Lipinski definition) is 0. The van der Waals surface area contributed by atoms with E-state index in [1.54, 1.807) is 42.0 Å². The Morgan fingerprint density at radius 3 is 2.56 bits per heavy atom. The van der Waals surface area contributed by atoms with Gasteiger partial charge in [-0.2, -0.15) is 5.10 Å². The molecule has 27 heavy (non-hydrogen) atoms. The summed E-state index contributed by atoms with van der Waals surface area (Å²) in [5, 5.41) is 4.14. The standard InChI is InChI=1S/C19H23N7O/c27-19-11-18(17-1-5-20-6-2-17)22-15-25(19)12-16-3-7-24(8-4-16)9-10-26-14-21-13-23-26/h1-2,5-6,11,13-16H,3-4,7-10,12H2. The van der Waals surface area contributed by atoms with Crippen molar-refractivity contribution in [2.24, 2.45) is 5.92 Å². The van der Waals surface area contributed by atoms with Gasteiger partial charge in [0.05, 0.1) is 18.6 Å². The van der Waals surface area contributed by atoms with Gasteiger partial charge in [-0.25, -0.2) is 9.97 Å². The third kappa shape index (κ3) is 4.46. The highest BCUT2D eigenvalue weighted by Crippen LogP contribution is 2.19. The Hall–Kier alpha value is -2.87. The zero-order chi connectivity index (χ0) is 18.5. The fourth-order valence-electron chi connectivity index (χ4n) is 3.51. The highest BCUT2D eigenvalue weighted by molar-refractivity contribution is 5.57. The molecular weight excluding hydrogens is 342 g/mol. The molecule has 1 fully saturated rings. The molecule has 4 heterocycles. The van der Waals surface area contributed by atoms with E-state index in [1.807, 2.05) is 16.8 Å². The Morgan fingerprint density at radius 2 is 1.85 bits per heavy atom. The third-order valence-electron chi connectivity index (χ3n) is 5.13. The summed E-state index contributed by atoms with van der Waals surface area (Å²) in [6, 6.07) is 5.34. The predicted octanol–water partition coefficient (Wildman–Crippen LogP) is 1.31. The second kappa shape index (κ2) is 8.22. The first-order chi connectivity index (χ1) is 13.3. The second-order valence-corrected chi connectivity index (χ2v) is 6.94. The van der Waals surface area contributed by atoms with Gasteiger partial charge in [0.25, 0.3) is 5.56 Å². The Bertz CT molecular complexity index is 899. The van der Waals surface area contributed by atoms with Crippen LogP contribution in [0.25, 0.3) is 11.3 Å². The molecular formula is C19H23N7O. The molecule has 0 atom stereocenters. The Balaban J connectivity index is 1.30. The van der Waals surface area contributed by atoms with E-state index in [0.717, 1.165) is 51.1 Å². The van der Waals surface area contributed by atoms with Crippen molar-refractivity contribution >= 4 is 0 Å². The van der Waals surface area contributed by atoms with Gasteiger partial charge in [-0.05, 0) is 44.0 Å². The summed E-state index contributed by atoms with van der Waals surface area (Å²) in [5.41, 5.74) is 1.61. The van der Waals surface area contributed by atoms with Crippen molar-refractivity contribution in [1.29, 1.82) is 0 Å². The van der Waals surface area contributed by atoms with Crippen LogP contribution in [0.2, 0.25) is 0 Å². The van der Waals surface area contributed by atoms with Crippen LogP contribution in [0.1, 0.15) is 12.8 Å². The van der Waals surface area contributed by atoms with Crippen LogP contribution in [-0.2, 0) is 13.1 Å². The molecule has 0 bridgehead atoms. The van der Waals surface area contributed by atoms with Crippen LogP contribution in [0.5, 0.6) is 0 Å². The van der Waals surface area contributed by atoms with Crippen LogP contribution in [0, 0.1) is 5.92 Å². The highest BCUT2D eigenvalue weighted by atomic mass is 16.1. The monoisotopic (exact) mass is 365 g/mol. The van der Waals surface area contributed by atoms with Gasteiger partial charge in [0.15, 0.2) is 0 Å². The number of aromatic nitrogens is 6. The van der Waals surface area contributed by atoms with Crippen LogP contribution in [-0.4, -0.2) is 53.8 Å². The maximum absolute atomic E-state index is 12.5. The number of piperidine rings is 1. The van der Waals surface area contributed by atoms with Gasteiger partial charge in [0.1, 0.15) is 12.7 Å². The van der Waals surface area contributed by atoms with Gasteiger partial charge in [-0.3, -0.25) is 19.0 Å². The summed E-state index contributed by atoms with van der Waals surface area (Å²) in [4.78, 5) is 27.3. The van der Waals surface area contributed by atoms with Gasteiger partial charge in [-0.1, -0.05) is 0 Å². The van der Waals surface area contributed by atoms with Crippen molar-refractivity contribution in [2.75, 3.05) is 19.6 Å². The molecule has 1 aliphatic heterocycles. The van der Waals surface area contributed by atoms with E-state index in [-0.39, 0.29) is 5.56 Å². The largest absolute Gasteiger partial charge is 0.301 e. The molecule has 140 valence electrons. The minimum atomic E-state index is 0.00502. The van der Waals surface area contributed by atoms with Crippen molar-refractivity contribution in [1.82, 2.24) is 34.2 Å². The van der Waals surface area contributed by atoms with Crippen molar-refractivity contribution in [3.63, 3.8) is 0 Å². The summed E-state index contributed by atoms with van der Waals surface area (Å²) in [6.45, 7) is 4.69. The fourth-order valence-corrected chi connectivity index (χ4v) is 3.51. The second-order valence-electron chi connectivity index (χ2n) is 6.94. The molecule has 0 radical (unpaired) electrons. The first kappa shape index (κ1) is 17.5. The van der Waals surface area contributed by atoms with E-state index in [0.29, 0.717) is 11.6 Å². The van der Waals surface area contributed by atoms with E-state index in [2.05, 4.69) is 25.0 Å². The smallest absolute Gasteiger partial charge is 0.253 e. The molecule has 0 unspecified atom stereocenters. The van der Waals surface area contributed by atoms with Crippen molar-refractivity contribution < 1.29 is 0 Å². The van der Waals surface area contributed by atoms with Crippen LogP contribution in [0.3, 0.4) is 0 Å². The SMILES string of the molecule is O=c1cc(-c2ccncc2)ncn1CC1CCN(CCn2cncn2)CC1. The number of pyridine rings is 1. The Kier molecular flexibility index (Phi) is 5.34. The van der Waals surface area contributed by atoms with Crippen LogP contribution >= 0.6 is 0 Å². The minimum absolute atomic E-state index is 0.00502. The summed E-state index contributed by atoms with van der Waals surface area (Å²) >= 11 is 0. The first-order valence-corrected chi connectivity index (χ1v) is 9.29. The fraction of sp³-hybridized carbons (Fsp3) is 0.421. The van der Waals surface area contributed by atoms with Crippen molar-refractivity contribution in [3.05, 3.63) is 59.9 Å². The summed E-state index contributed by atoms with van der Waals surface area (Å²) in [7, 11) is 0. The van der Waals surface area contributed by atoms with Crippen molar-refractivity contribution in [3.8, 4) is 11.3 Å². The number of rotatable bonds is 6. The maximum Gasteiger partial charge on any atom is 0.253 e. The molecule has 0 spiro atoms. The van der Waals surface area contributed by atoms with Gasteiger partial charge < -0.3 is 4.90 Å². The number of nitrogens with zero attached hydrogens (tertiary/aromatic N) is 7. The molecule has 0 aromatic carbocycles. The van der Waals surface area contributed by atoms with E-state index in [1.165, 1.54) is 0 Å². The maximum atomic E-state index is 12.5. The molecule has 1 saturated heterocycles. The lowest BCUT2D eigenvalue weighted by Crippen LogP contribution is -2.38. The minimum Gasteiger partial charge on any atom is -0.301 e. The van der Waals surface area contributed by atoms with E-state index >= 15 is 0 Å². The van der Waals surface area contributed by atoms with Gasteiger partial charge in [-0.15, -0.1) is 0 Å². The number of hydrogen-bond acceptors (Lipinski definition) is 6. The molecule has 1 aliphatic rings. The molecule has 0 aliphatic carbocycles. The molecule has 8 nitrogen and oxygen atoms in total. The summed E-state index contributed by atoms with van der Waals surface area (Å²) in [6.07, 6.45) is 10.6. The quantitative estimate of drug-likeness (QED) is 0.655. The molecule has 3 aromatic rings. The highest BCUT2D eigenvalue weighted by Gasteiger charge is 2.20. The Labute approximate surface area is 157 Å². The molecule has 0 saturated carbocycles. The molecule has 0 N–H and O–H groups in total. The zero-order valence-corrected chi connectivity index (χ0v) is 15.2. The normalized spacial score (nSPS) is 15.9. The first-order valence-electron chi connectivity index (χ1n) is 9.29. The molecule has 8 heteroatoms. The van der Waals surface area contributed by atoms with E-state index in [9.17, 15) is 4.79 Å². The average Bonchev–Trinajstić information content (AvgIpc) is 3.23. The lowest BCUT2D eigenvalue weighted by atomic mass is 9.96. The van der Waals surface area contributed by atoms with Gasteiger partial charge in [0.2, 0.25) is 0 Å².